The number of hydrogen-bond acceptors (Lipinski definition) is 4. The van der Waals surface area contributed by atoms with Crippen LogP contribution in [0.15, 0.2) is 47.6 Å². The second-order valence-corrected chi connectivity index (χ2v) is 9.34. The SMILES string of the molecule is O=C(Nc1cnn(CC2CC2)c1)C1CCCN(S(=O)(=O)c2ccccc2)C1. The van der Waals surface area contributed by atoms with E-state index < -0.39 is 10.0 Å². The lowest BCUT2D eigenvalue weighted by molar-refractivity contribution is -0.120. The molecule has 1 aliphatic carbocycles. The third-order valence-electron chi connectivity index (χ3n) is 5.18. The van der Waals surface area contributed by atoms with Crippen molar-refractivity contribution >= 4 is 21.6 Å². The molecule has 27 heavy (non-hydrogen) atoms. The van der Waals surface area contributed by atoms with Crippen LogP contribution in [0.3, 0.4) is 0 Å². The molecule has 1 aromatic heterocycles. The predicted octanol–water partition coefficient (Wildman–Crippen LogP) is 2.33. The minimum Gasteiger partial charge on any atom is -0.323 e. The average molecular weight is 388 g/mol. The van der Waals surface area contributed by atoms with E-state index in [1.807, 2.05) is 10.9 Å². The standard InChI is InChI=1S/C19H24N4O3S/c24-19(21-17-11-20-22(14-17)12-15-8-9-15)16-5-4-10-23(13-16)27(25,26)18-6-2-1-3-7-18/h1-3,6-7,11,14-16H,4-5,8-10,12-13H2,(H,21,24). The molecule has 4 rings (SSSR count). The highest BCUT2D eigenvalue weighted by atomic mass is 32.2. The van der Waals surface area contributed by atoms with Gasteiger partial charge in [0.05, 0.1) is 22.7 Å². The van der Waals surface area contributed by atoms with Crippen LogP contribution in [0.2, 0.25) is 0 Å². The molecule has 1 saturated carbocycles. The molecule has 0 radical (unpaired) electrons. The van der Waals surface area contributed by atoms with Crippen molar-refractivity contribution in [3.05, 3.63) is 42.7 Å². The Balaban J connectivity index is 1.40. The summed E-state index contributed by atoms with van der Waals surface area (Å²) in [7, 11) is -3.57. The fraction of sp³-hybridized carbons (Fsp3) is 0.474. The van der Waals surface area contributed by atoms with E-state index in [1.165, 1.54) is 17.1 Å². The lowest BCUT2D eigenvalue weighted by atomic mass is 9.99. The van der Waals surface area contributed by atoms with E-state index in [-0.39, 0.29) is 23.3 Å². The van der Waals surface area contributed by atoms with E-state index in [0.717, 1.165) is 6.54 Å². The van der Waals surface area contributed by atoms with Gasteiger partial charge in [0.25, 0.3) is 0 Å². The molecule has 1 unspecified atom stereocenters. The fourth-order valence-corrected chi connectivity index (χ4v) is 5.00. The first kappa shape index (κ1) is 18.2. The molecular weight excluding hydrogens is 364 g/mol. The molecule has 0 spiro atoms. The normalized spacial score (nSPS) is 21.1. The van der Waals surface area contributed by atoms with Gasteiger partial charge in [-0.2, -0.15) is 9.40 Å². The average Bonchev–Trinajstić information content (AvgIpc) is 3.40. The maximum Gasteiger partial charge on any atom is 0.243 e. The first-order valence-electron chi connectivity index (χ1n) is 9.41. The van der Waals surface area contributed by atoms with Gasteiger partial charge in [0.2, 0.25) is 15.9 Å². The van der Waals surface area contributed by atoms with Crippen LogP contribution in [0.25, 0.3) is 0 Å². The van der Waals surface area contributed by atoms with Crippen molar-refractivity contribution in [2.75, 3.05) is 18.4 Å². The summed E-state index contributed by atoms with van der Waals surface area (Å²) in [4.78, 5) is 12.9. The summed E-state index contributed by atoms with van der Waals surface area (Å²) in [6, 6.07) is 8.38. The van der Waals surface area contributed by atoms with E-state index >= 15 is 0 Å². The first-order valence-corrected chi connectivity index (χ1v) is 10.8. The van der Waals surface area contributed by atoms with Gasteiger partial charge in [-0.15, -0.1) is 0 Å². The minimum absolute atomic E-state index is 0.145. The number of hydrogen-bond donors (Lipinski definition) is 1. The van der Waals surface area contributed by atoms with Crippen LogP contribution in [-0.2, 0) is 21.4 Å². The van der Waals surface area contributed by atoms with Crippen molar-refractivity contribution in [1.82, 2.24) is 14.1 Å². The molecule has 1 saturated heterocycles. The topological polar surface area (TPSA) is 84.3 Å². The molecule has 2 aromatic rings. The molecule has 8 heteroatoms. The number of benzene rings is 1. The monoisotopic (exact) mass is 388 g/mol. The number of carbonyl (C=O) groups is 1. The number of piperidine rings is 1. The highest BCUT2D eigenvalue weighted by Gasteiger charge is 2.33. The van der Waals surface area contributed by atoms with E-state index in [2.05, 4.69) is 10.4 Å². The molecule has 1 atom stereocenters. The quantitative estimate of drug-likeness (QED) is 0.823. The van der Waals surface area contributed by atoms with Gasteiger partial charge in [0, 0.05) is 25.8 Å². The van der Waals surface area contributed by atoms with Crippen LogP contribution >= 0.6 is 0 Å². The zero-order chi connectivity index (χ0) is 18.9. The van der Waals surface area contributed by atoms with Gasteiger partial charge in [-0.05, 0) is 43.7 Å². The Labute approximate surface area is 159 Å². The first-order chi connectivity index (χ1) is 13.0. The number of sulfonamides is 1. The summed E-state index contributed by atoms with van der Waals surface area (Å²) >= 11 is 0. The number of aromatic nitrogens is 2. The van der Waals surface area contributed by atoms with E-state index in [1.54, 1.807) is 36.5 Å². The third-order valence-corrected chi connectivity index (χ3v) is 7.06. The van der Waals surface area contributed by atoms with Crippen molar-refractivity contribution in [1.29, 1.82) is 0 Å². The Bertz CT molecular complexity index is 906. The Hall–Kier alpha value is -2.19. The highest BCUT2D eigenvalue weighted by molar-refractivity contribution is 7.89. The smallest absolute Gasteiger partial charge is 0.243 e. The lowest BCUT2D eigenvalue weighted by Crippen LogP contribution is -2.43. The van der Waals surface area contributed by atoms with Crippen LogP contribution in [0.5, 0.6) is 0 Å². The van der Waals surface area contributed by atoms with Gasteiger partial charge in [-0.25, -0.2) is 8.42 Å². The Morgan fingerprint density at radius 2 is 1.96 bits per heavy atom. The summed E-state index contributed by atoms with van der Waals surface area (Å²) in [5, 5.41) is 7.18. The fourth-order valence-electron chi connectivity index (χ4n) is 3.45. The maximum absolute atomic E-state index is 12.8. The van der Waals surface area contributed by atoms with Crippen molar-refractivity contribution in [2.45, 2.75) is 37.1 Å². The Kier molecular flexibility index (Phi) is 5.01. The molecule has 7 nitrogen and oxygen atoms in total. The zero-order valence-electron chi connectivity index (χ0n) is 15.1. The van der Waals surface area contributed by atoms with Crippen LogP contribution in [-0.4, -0.2) is 41.5 Å². The van der Waals surface area contributed by atoms with Crippen LogP contribution in [0.1, 0.15) is 25.7 Å². The third kappa shape index (κ3) is 4.22. The van der Waals surface area contributed by atoms with Crippen molar-refractivity contribution < 1.29 is 13.2 Å². The Morgan fingerprint density at radius 3 is 2.70 bits per heavy atom. The summed E-state index contributed by atoms with van der Waals surface area (Å²) in [6.07, 6.45) is 7.34. The molecule has 1 N–H and O–H groups in total. The van der Waals surface area contributed by atoms with Crippen molar-refractivity contribution in [3.8, 4) is 0 Å². The second-order valence-electron chi connectivity index (χ2n) is 7.40. The van der Waals surface area contributed by atoms with Crippen LogP contribution in [0.4, 0.5) is 5.69 Å². The number of carbonyl (C=O) groups excluding carboxylic acids is 1. The molecular formula is C19H24N4O3S. The van der Waals surface area contributed by atoms with Gasteiger partial charge in [0.15, 0.2) is 0 Å². The number of nitrogens with zero attached hydrogens (tertiary/aromatic N) is 3. The molecule has 1 aliphatic heterocycles. The molecule has 2 aliphatic rings. The summed E-state index contributed by atoms with van der Waals surface area (Å²) in [5.74, 6) is 0.210. The zero-order valence-corrected chi connectivity index (χ0v) is 15.9. The van der Waals surface area contributed by atoms with Crippen LogP contribution in [0, 0.1) is 11.8 Å². The van der Waals surface area contributed by atoms with Gasteiger partial charge in [0.1, 0.15) is 0 Å². The van der Waals surface area contributed by atoms with Gasteiger partial charge in [-0.1, -0.05) is 18.2 Å². The molecule has 0 bridgehead atoms. The summed E-state index contributed by atoms with van der Waals surface area (Å²) in [6.45, 7) is 1.54. The van der Waals surface area contributed by atoms with Gasteiger partial charge in [-0.3, -0.25) is 9.48 Å². The Morgan fingerprint density at radius 1 is 1.19 bits per heavy atom. The second kappa shape index (κ2) is 7.44. The van der Waals surface area contributed by atoms with Crippen molar-refractivity contribution in [2.24, 2.45) is 11.8 Å². The van der Waals surface area contributed by atoms with Gasteiger partial charge < -0.3 is 5.32 Å². The molecule has 1 aromatic carbocycles. The summed E-state index contributed by atoms with van der Waals surface area (Å²) < 4.78 is 28.9. The molecule has 2 fully saturated rings. The van der Waals surface area contributed by atoms with E-state index in [0.29, 0.717) is 31.0 Å². The van der Waals surface area contributed by atoms with E-state index in [4.69, 9.17) is 0 Å². The number of amides is 1. The van der Waals surface area contributed by atoms with E-state index in [9.17, 15) is 13.2 Å². The lowest BCUT2D eigenvalue weighted by Gasteiger charge is -2.31. The molecule has 1 amide bonds. The molecule has 2 heterocycles. The molecule has 144 valence electrons. The highest BCUT2D eigenvalue weighted by Crippen LogP contribution is 2.30. The van der Waals surface area contributed by atoms with Crippen LogP contribution < -0.4 is 5.32 Å². The number of nitrogens with one attached hydrogen (secondary N) is 1. The summed E-state index contributed by atoms with van der Waals surface area (Å²) in [5.41, 5.74) is 0.670. The van der Waals surface area contributed by atoms with Crippen molar-refractivity contribution in [3.63, 3.8) is 0 Å². The number of rotatable bonds is 6. The minimum atomic E-state index is -3.57. The number of anilines is 1. The largest absolute Gasteiger partial charge is 0.323 e. The maximum atomic E-state index is 12.8. The predicted molar refractivity (Wildman–Crippen MR) is 102 cm³/mol. The van der Waals surface area contributed by atoms with Gasteiger partial charge >= 0.3 is 0 Å².